The maximum atomic E-state index is 11.1. The molecule has 0 bridgehead atoms. The van der Waals surface area contributed by atoms with E-state index in [1.807, 2.05) is 36.4 Å². The molecular weight excluding hydrogens is 435 g/mol. The third-order valence-corrected chi connectivity index (χ3v) is 4.62. The Morgan fingerprint density at radius 2 is 1.53 bits per heavy atom. The molecule has 0 saturated carbocycles. The second-order valence-electron chi connectivity index (χ2n) is 6.72. The van der Waals surface area contributed by atoms with Crippen molar-refractivity contribution in [3.8, 4) is 16.9 Å². The van der Waals surface area contributed by atoms with Crippen molar-refractivity contribution in [1.82, 2.24) is 4.90 Å². The molecule has 10 heteroatoms. The Hall–Kier alpha value is -1.65. The molecule has 3 rings (SSSR count). The Balaban J connectivity index is -0.000000563. The number of aromatic nitrogens is 1. The minimum absolute atomic E-state index is 0. The Morgan fingerprint density at radius 1 is 0.967 bits per heavy atom. The molecule has 1 aromatic heterocycles. The Bertz CT molecular complexity index is 647. The summed E-state index contributed by atoms with van der Waals surface area (Å²) in [5.41, 5.74) is 2.12. The van der Waals surface area contributed by atoms with Crippen LogP contribution in [0.2, 0.25) is 0 Å². The normalized spacial score (nSPS) is 14.8. The summed E-state index contributed by atoms with van der Waals surface area (Å²) in [6, 6.07) is 11.7. The SMILES string of the molecule is CC1CCCN(CCCOc2ccc(-c3cc[n+]([O-])cc3)cc2)C1.Cl.Cl.O.O.O.O. The smallest absolute Gasteiger partial charge is 0.180 e. The molecular formula is C20H36Cl2N2O6. The number of pyridine rings is 1. The summed E-state index contributed by atoms with van der Waals surface area (Å²) >= 11 is 0. The molecule has 30 heavy (non-hydrogen) atoms. The van der Waals surface area contributed by atoms with Gasteiger partial charge < -0.3 is 36.7 Å². The summed E-state index contributed by atoms with van der Waals surface area (Å²) in [6.07, 6.45) is 6.80. The van der Waals surface area contributed by atoms with Crippen LogP contribution in [0.3, 0.4) is 0 Å². The van der Waals surface area contributed by atoms with Crippen LogP contribution in [0.25, 0.3) is 11.1 Å². The summed E-state index contributed by atoms with van der Waals surface area (Å²) in [7, 11) is 0. The highest BCUT2D eigenvalue weighted by atomic mass is 35.5. The minimum Gasteiger partial charge on any atom is -0.619 e. The van der Waals surface area contributed by atoms with Gasteiger partial charge in [-0.2, -0.15) is 4.73 Å². The van der Waals surface area contributed by atoms with Gasteiger partial charge in [0, 0.05) is 25.2 Å². The van der Waals surface area contributed by atoms with Crippen LogP contribution in [0, 0.1) is 11.1 Å². The van der Waals surface area contributed by atoms with E-state index >= 15 is 0 Å². The molecule has 2 heterocycles. The van der Waals surface area contributed by atoms with Crippen molar-refractivity contribution in [3.05, 3.63) is 54.0 Å². The first-order valence-electron chi connectivity index (χ1n) is 8.85. The van der Waals surface area contributed by atoms with Crippen molar-refractivity contribution in [2.45, 2.75) is 26.2 Å². The van der Waals surface area contributed by atoms with Gasteiger partial charge in [-0.05, 0) is 55.0 Å². The highest BCUT2D eigenvalue weighted by Crippen LogP contribution is 2.21. The zero-order valence-electron chi connectivity index (χ0n) is 17.2. The van der Waals surface area contributed by atoms with Gasteiger partial charge in [0.1, 0.15) is 5.75 Å². The van der Waals surface area contributed by atoms with E-state index in [2.05, 4.69) is 11.8 Å². The first-order chi connectivity index (χ1) is 11.7. The fourth-order valence-electron chi connectivity index (χ4n) is 3.32. The lowest BCUT2D eigenvalue weighted by Gasteiger charge is -2.30. The predicted molar refractivity (Wildman–Crippen MR) is 125 cm³/mol. The van der Waals surface area contributed by atoms with Gasteiger partial charge >= 0.3 is 0 Å². The van der Waals surface area contributed by atoms with Crippen molar-refractivity contribution >= 4 is 24.8 Å². The lowest BCUT2D eigenvalue weighted by molar-refractivity contribution is -0.605. The fourth-order valence-corrected chi connectivity index (χ4v) is 3.32. The van der Waals surface area contributed by atoms with E-state index in [1.54, 1.807) is 0 Å². The molecule has 1 aliphatic rings. The highest BCUT2D eigenvalue weighted by molar-refractivity contribution is 5.85. The molecule has 8 N–H and O–H groups in total. The van der Waals surface area contributed by atoms with Crippen molar-refractivity contribution in [2.24, 2.45) is 5.92 Å². The zero-order chi connectivity index (χ0) is 16.8. The molecule has 1 aromatic carbocycles. The van der Waals surface area contributed by atoms with Crippen LogP contribution < -0.4 is 9.47 Å². The van der Waals surface area contributed by atoms with E-state index < -0.39 is 0 Å². The molecule has 0 aliphatic carbocycles. The largest absolute Gasteiger partial charge is 0.619 e. The van der Waals surface area contributed by atoms with Gasteiger partial charge in [0.25, 0.3) is 0 Å². The minimum atomic E-state index is 0. The van der Waals surface area contributed by atoms with Gasteiger partial charge in [-0.15, -0.1) is 24.8 Å². The number of rotatable bonds is 6. The lowest BCUT2D eigenvalue weighted by Crippen LogP contribution is -2.35. The molecule has 0 amide bonds. The fraction of sp³-hybridized carbons (Fsp3) is 0.450. The maximum Gasteiger partial charge on any atom is 0.180 e. The quantitative estimate of drug-likeness (QED) is 0.349. The van der Waals surface area contributed by atoms with Gasteiger partial charge in [0.2, 0.25) is 0 Å². The summed E-state index contributed by atoms with van der Waals surface area (Å²) in [5, 5.41) is 11.1. The number of piperidine rings is 1. The molecule has 0 spiro atoms. The number of nitrogens with zero attached hydrogens (tertiary/aromatic N) is 2. The molecule has 1 fully saturated rings. The second-order valence-corrected chi connectivity index (χ2v) is 6.72. The summed E-state index contributed by atoms with van der Waals surface area (Å²) in [4.78, 5) is 2.55. The lowest BCUT2D eigenvalue weighted by atomic mass is 10.0. The first-order valence-corrected chi connectivity index (χ1v) is 8.85. The number of benzene rings is 1. The maximum absolute atomic E-state index is 11.1. The highest BCUT2D eigenvalue weighted by Gasteiger charge is 2.15. The molecule has 1 unspecified atom stereocenters. The standard InChI is InChI=1S/C20H26N2O2.2ClH.4H2O/c1-17-4-2-11-21(16-17)12-3-15-24-20-7-5-18(6-8-20)19-9-13-22(23)14-10-19;;;;;;/h5-10,13-14,17H,2-4,11-12,15-16H2,1H3;2*1H;4*1H2. The number of ether oxygens (including phenoxy) is 1. The van der Waals surface area contributed by atoms with E-state index in [9.17, 15) is 5.21 Å². The molecule has 8 nitrogen and oxygen atoms in total. The van der Waals surface area contributed by atoms with Crippen LogP contribution in [0.4, 0.5) is 0 Å². The molecule has 176 valence electrons. The van der Waals surface area contributed by atoms with Gasteiger partial charge in [-0.1, -0.05) is 19.1 Å². The predicted octanol–water partition coefficient (Wildman–Crippen LogP) is 1.03. The van der Waals surface area contributed by atoms with Gasteiger partial charge in [-0.25, -0.2) is 0 Å². The Morgan fingerprint density at radius 3 is 2.10 bits per heavy atom. The Labute approximate surface area is 190 Å². The number of hydrogen-bond donors (Lipinski definition) is 0. The van der Waals surface area contributed by atoms with Crippen molar-refractivity contribution in [1.29, 1.82) is 0 Å². The topological polar surface area (TPSA) is 165 Å². The van der Waals surface area contributed by atoms with E-state index in [0.29, 0.717) is 0 Å². The Kier molecular flexibility index (Phi) is 21.6. The monoisotopic (exact) mass is 470 g/mol. The van der Waals surface area contributed by atoms with E-state index in [1.165, 1.54) is 38.3 Å². The number of halogens is 2. The third-order valence-electron chi connectivity index (χ3n) is 4.62. The van der Waals surface area contributed by atoms with Gasteiger partial charge in [-0.3, -0.25) is 0 Å². The van der Waals surface area contributed by atoms with Crippen LogP contribution in [0.15, 0.2) is 48.8 Å². The molecule has 0 radical (unpaired) electrons. The summed E-state index contributed by atoms with van der Waals surface area (Å²) < 4.78 is 6.65. The van der Waals surface area contributed by atoms with Gasteiger partial charge in [0.05, 0.1) is 6.61 Å². The van der Waals surface area contributed by atoms with Crippen molar-refractivity contribution in [3.63, 3.8) is 0 Å². The molecule has 1 saturated heterocycles. The summed E-state index contributed by atoms with van der Waals surface area (Å²) in [5.74, 6) is 1.74. The van der Waals surface area contributed by atoms with Crippen LogP contribution >= 0.6 is 24.8 Å². The molecule has 1 atom stereocenters. The van der Waals surface area contributed by atoms with Crippen LogP contribution in [0.1, 0.15) is 26.2 Å². The average molecular weight is 471 g/mol. The average Bonchev–Trinajstić information content (AvgIpc) is 2.60. The van der Waals surface area contributed by atoms with Crippen molar-refractivity contribution in [2.75, 3.05) is 26.2 Å². The zero-order valence-corrected chi connectivity index (χ0v) is 18.8. The molecule has 1 aliphatic heterocycles. The van der Waals surface area contributed by atoms with Crippen LogP contribution in [-0.2, 0) is 0 Å². The van der Waals surface area contributed by atoms with E-state index in [-0.39, 0.29) is 46.7 Å². The summed E-state index contributed by atoms with van der Waals surface area (Å²) in [6.45, 7) is 6.69. The third kappa shape index (κ3) is 10.9. The first kappa shape index (κ1) is 35.8. The van der Waals surface area contributed by atoms with Crippen LogP contribution in [-0.4, -0.2) is 53.0 Å². The van der Waals surface area contributed by atoms with E-state index in [0.717, 1.165) is 47.1 Å². The number of hydrogen-bond acceptors (Lipinski definition) is 3. The van der Waals surface area contributed by atoms with Crippen LogP contribution in [0.5, 0.6) is 5.75 Å². The molecule has 2 aromatic rings. The second kappa shape index (κ2) is 18.1. The number of likely N-dealkylation sites (tertiary alicyclic amines) is 1. The van der Waals surface area contributed by atoms with Crippen molar-refractivity contribution < 1.29 is 31.4 Å². The van der Waals surface area contributed by atoms with E-state index in [4.69, 9.17) is 4.74 Å². The van der Waals surface area contributed by atoms with Gasteiger partial charge in [0.15, 0.2) is 12.4 Å².